The lowest BCUT2D eigenvalue weighted by molar-refractivity contribution is 0.0965. The maximum Gasteiger partial charge on any atom is 0.407 e. The molecular weight excluding hydrogens is 406 g/mol. The van der Waals surface area contributed by atoms with Gasteiger partial charge in [0.1, 0.15) is 18.2 Å². The SMILES string of the molecule is CN(c1ccc2c(n1)COc1cc(-c3cn[nH]c3)ccc1-2)[C@@H]1C[C@H]2CC[C@@H](C1)N2C(=O)O. The molecule has 1 amide bonds. The zero-order valence-electron chi connectivity index (χ0n) is 17.9. The average molecular weight is 431 g/mol. The molecule has 0 unspecified atom stereocenters. The molecule has 3 atom stereocenters. The third kappa shape index (κ3) is 3.01. The van der Waals surface area contributed by atoms with Crippen molar-refractivity contribution in [1.29, 1.82) is 0 Å². The van der Waals surface area contributed by atoms with Crippen molar-refractivity contribution in [2.75, 3.05) is 11.9 Å². The second-order valence-electron chi connectivity index (χ2n) is 8.96. The molecule has 3 aliphatic heterocycles. The molecule has 0 radical (unpaired) electrons. The van der Waals surface area contributed by atoms with Crippen LogP contribution in [0.4, 0.5) is 10.6 Å². The van der Waals surface area contributed by atoms with Gasteiger partial charge >= 0.3 is 6.09 Å². The van der Waals surface area contributed by atoms with Crippen LogP contribution in [0.3, 0.4) is 0 Å². The van der Waals surface area contributed by atoms with Gasteiger partial charge in [-0.25, -0.2) is 9.78 Å². The average Bonchev–Trinajstić information content (AvgIpc) is 3.44. The Hall–Kier alpha value is -3.55. The number of fused-ring (bicyclic) bond motifs is 5. The summed E-state index contributed by atoms with van der Waals surface area (Å²) in [6, 6.07) is 11.0. The van der Waals surface area contributed by atoms with Gasteiger partial charge in [-0.05, 0) is 55.5 Å². The minimum Gasteiger partial charge on any atom is -0.487 e. The van der Waals surface area contributed by atoms with Crippen LogP contribution >= 0.6 is 0 Å². The normalized spacial score (nSPS) is 23.3. The van der Waals surface area contributed by atoms with E-state index < -0.39 is 6.09 Å². The zero-order chi connectivity index (χ0) is 21.8. The van der Waals surface area contributed by atoms with E-state index in [-0.39, 0.29) is 12.1 Å². The Labute approximate surface area is 185 Å². The Morgan fingerprint density at radius 2 is 1.94 bits per heavy atom. The molecule has 5 heterocycles. The highest BCUT2D eigenvalue weighted by Gasteiger charge is 2.44. The monoisotopic (exact) mass is 431 g/mol. The van der Waals surface area contributed by atoms with Crippen molar-refractivity contribution in [3.05, 3.63) is 48.4 Å². The van der Waals surface area contributed by atoms with Crippen LogP contribution in [0.25, 0.3) is 22.3 Å². The molecule has 6 rings (SSSR count). The quantitative estimate of drug-likeness (QED) is 0.647. The van der Waals surface area contributed by atoms with Crippen LogP contribution < -0.4 is 9.64 Å². The molecule has 0 aliphatic carbocycles. The number of pyridine rings is 1. The number of H-pyrrole nitrogens is 1. The van der Waals surface area contributed by atoms with Crippen LogP contribution in [0.15, 0.2) is 42.7 Å². The smallest absolute Gasteiger partial charge is 0.407 e. The fourth-order valence-electron chi connectivity index (χ4n) is 5.60. The number of ether oxygens (including phenoxy) is 1. The Morgan fingerprint density at radius 1 is 1.16 bits per heavy atom. The number of benzene rings is 1. The van der Waals surface area contributed by atoms with E-state index in [4.69, 9.17) is 9.72 Å². The Balaban J connectivity index is 1.25. The molecule has 0 spiro atoms. The van der Waals surface area contributed by atoms with E-state index in [9.17, 15) is 9.90 Å². The van der Waals surface area contributed by atoms with Crippen molar-refractivity contribution in [2.45, 2.75) is 50.4 Å². The van der Waals surface area contributed by atoms with E-state index in [0.717, 1.165) is 65.2 Å². The number of nitrogens with zero attached hydrogens (tertiary/aromatic N) is 4. The highest BCUT2D eigenvalue weighted by molar-refractivity contribution is 5.79. The molecule has 8 heteroatoms. The number of rotatable bonds is 3. The van der Waals surface area contributed by atoms with Gasteiger partial charge in [0.2, 0.25) is 0 Å². The van der Waals surface area contributed by atoms with E-state index in [1.165, 1.54) is 0 Å². The summed E-state index contributed by atoms with van der Waals surface area (Å²) in [6.45, 7) is 0.432. The molecule has 32 heavy (non-hydrogen) atoms. The Bertz CT molecular complexity index is 1160. The lowest BCUT2D eigenvalue weighted by Crippen LogP contribution is -2.51. The van der Waals surface area contributed by atoms with Gasteiger partial charge in [-0.2, -0.15) is 5.10 Å². The number of carboxylic acid groups (broad SMARTS) is 1. The minimum atomic E-state index is -0.780. The fraction of sp³-hybridized carbons (Fsp3) is 0.375. The number of amides is 1. The summed E-state index contributed by atoms with van der Waals surface area (Å²) in [6.07, 6.45) is 6.53. The Morgan fingerprint density at radius 3 is 2.66 bits per heavy atom. The predicted octanol–water partition coefficient (Wildman–Crippen LogP) is 4.14. The van der Waals surface area contributed by atoms with Gasteiger partial charge in [-0.1, -0.05) is 6.07 Å². The number of hydrogen-bond donors (Lipinski definition) is 2. The number of aromatic amines is 1. The van der Waals surface area contributed by atoms with Gasteiger partial charge < -0.3 is 19.6 Å². The lowest BCUT2D eigenvalue weighted by Gasteiger charge is -2.41. The summed E-state index contributed by atoms with van der Waals surface area (Å²) in [5.41, 5.74) is 5.17. The standard InChI is InChI=1S/C24H25N5O3/c1-28(18-9-16-3-4-17(10-18)29(16)24(30)31)23-7-6-19-20-5-2-14(15-11-25-26-12-15)8-22(20)32-13-21(19)27-23/h2,5-8,11-12,16-18H,3-4,9-10,13H2,1H3,(H,25,26)(H,30,31)/t16-,17+,18-. The first kappa shape index (κ1) is 19.2. The van der Waals surface area contributed by atoms with Gasteiger partial charge in [-0.15, -0.1) is 0 Å². The van der Waals surface area contributed by atoms with E-state index in [1.807, 2.05) is 6.20 Å². The molecule has 164 valence electrons. The first-order valence-electron chi connectivity index (χ1n) is 11.1. The molecular formula is C24H25N5O3. The molecule has 2 N–H and O–H groups in total. The summed E-state index contributed by atoms with van der Waals surface area (Å²) in [5, 5.41) is 16.4. The third-order valence-electron chi connectivity index (χ3n) is 7.27. The van der Waals surface area contributed by atoms with E-state index >= 15 is 0 Å². The molecule has 2 aromatic heterocycles. The van der Waals surface area contributed by atoms with Crippen molar-refractivity contribution >= 4 is 11.9 Å². The summed E-state index contributed by atoms with van der Waals surface area (Å²) >= 11 is 0. The Kier molecular flexibility index (Phi) is 4.34. The lowest BCUT2D eigenvalue weighted by atomic mass is 9.96. The van der Waals surface area contributed by atoms with Crippen molar-refractivity contribution in [3.8, 4) is 28.0 Å². The second-order valence-corrected chi connectivity index (χ2v) is 8.96. The maximum absolute atomic E-state index is 11.6. The van der Waals surface area contributed by atoms with Crippen molar-refractivity contribution < 1.29 is 14.6 Å². The molecule has 3 aliphatic rings. The van der Waals surface area contributed by atoms with E-state index in [2.05, 4.69) is 52.5 Å². The van der Waals surface area contributed by atoms with Gasteiger partial charge in [0, 0.05) is 48.1 Å². The van der Waals surface area contributed by atoms with Crippen LogP contribution in [0, 0.1) is 0 Å². The zero-order valence-corrected chi connectivity index (χ0v) is 17.9. The van der Waals surface area contributed by atoms with E-state index in [1.54, 1.807) is 11.1 Å². The summed E-state index contributed by atoms with van der Waals surface area (Å²) in [4.78, 5) is 20.4. The highest BCUT2D eigenvalue weighted by Crippen LogP contribution is 2.41. The van der Waals surface area contributed by atoms with Crippen molar-refractivity contribution in [2.24, 2.45) is 0 Å². The van der Waals surface area contributed by atoms with Crippen molar-refractivity contribution in [3.63, 3.8) is 0 Å². The number of aromatic nitrogens is 3. The maximum atomic E-state index is 11.6. The van der Waals surface area contributed by atoms with Crippen LogP contribution in [0.1, 0.15) is 31.4 Å². The molecule has 8 nitrogen and oxygen atoms in total. The largest absolute Gasteiger partial charge is 0.487 e. The van der Waals surface area contributed by atoms with Gasteiger partial charge in [-0.3, -0.25) is 5.10 Å². The van der Waals surface area contributed by atoms with Crippen LogP contribution in [-0.2, 0) is 6.61 Å². The molecule has 3 aromatic rings. The summed E-state index contributed by atoms with van der Waals surface area (Å²) < 4.78 is 6.07. The number of nitrogens with one attached hydrogen (secondary N) is 1. The fourth-order valence-corrected chi connectivity index (χ4v) is 5.60. The topological polar surface area (TPSA) is 94.6 Å². The van der Waals surface area contributed by atoms with Crippen molar-refractivity contribution in [1.82, 2.24) is 20.1 Å². The summed E-state index contributed by atoms with van der Waals surface area (Å²) in [5.74, 6) is 1.77. The van der Waals surface area contributed by atoms with E-state index in [0.29, 0.717) is 12.6 Å². The van der Waals surface area contributed by atoms with Crippen LogP contribution in [0.5, 0.6) is 5.75 Å². The molecule has 1 aromatic carbocycles. The number of hydrogen-bond acceptors (Lipinski definition) is 5. The number of carbonyl (C=O) groups is 1. The van der Waals surface area contributed by atoms with Gasteiger partial charge in [0.15, 0.2) is 0 Å². The second kappa shape index (κ2) is 7.25. The molecule has 2 saturated heterocycles. The van der Waals surface area contributed by atoms with Crippen LogP contribution in [0.2, 0.25) is 0 Å². The first-order valence-corrected chi connectivity index (χ1v) is 11.1. The molecule has 2 fully saturated rings. The minimum absolute atomic E-state index is 0.121. The number of anilines is 1. The van der Waals surface area contributed by atoms with Gasteiger partial charge in [0.25, 0.3) is 0 Å². The highest BCUT2D eigenvalue weighted by atomic mass is 16.5. The van der Waals surface area contributed by atoms with Crippen LogP contribution in [-0.4, -0.2) is 56.5 Å². The third-order valence-corrected chi connectivity index (χ3v) is 7.27. The van der Waals surface area contributed by atoms with Gasteiger partial charge in [0.05, 0.1) is 11.9 Å². The molecule has 0 saturated carbocycles. The number of piperidine rings is 1. The summed E-state index contributed by atoms with van der Waals surface area (Å²) in [7, 11) is 2.07. The first-order chi connectivity index (χ1) is 15.6. The molecule has 2 bridgehead atoms. The predicted molar refractivity (Wildman–Crippen MR) is 120 cm³/mol.